The summed E-state index contributed by atoms with van der Waals surface area (Å²) in [5.41, 5.74) is -1.83. The molecule has 0 amide bonds. The minimum absolute atomic E-state index is 0.153. The van der Waals surface area contributed by atoms with Gasteiger partial charge in [0, 0.05) is 0 Å². The number of hydrogen-bond donors (Lipinski definition) is 1. The van der Waals surface area contributed by atoms with Crippen LogP contribution in [0.1, 0.15) is 40.5 Å². The number of carbonyl (C=O) groups excluding carboxylic acids is 2. The van der Waals surface area contributed by atoms with E-state index >= 15 is 0 Å². The number of epoxide rings is 1. The van der Waals surface area contributed by atoms with Gasteiger partial charge in [0.25, 0.3) is 0 Å². The molecule has 1 rings (SSSR count). The number of hydrogen-bond acceptors (Lipinski definition) is 5. The van der Waals surface area contributed by atoms with Crippen molar-refractivity contribution in [3.8, 4) is 0 Å². The summed E-state index contributed by atoms with van der Waals surface area (Å²) in [6.07, 6.45) is -0.107. The Bertz CT molecular complexity index is 323. The van der Waals surface area contributed by atoms with Gasteiger partial charge in [0.05, 0.1) is 25.2 Å². The Hall–Kier alpha value is -0.780. The van der Waals surface area contributed by atoms with Gasteiger partial charge < -0.3 is 14.6 Å². The average Bonchev–Trinajstić information content (AvgIpc) is 2.97. The first-order valence-corrected chi connectivity index (χ1v) is 6.16. The monoisotopic (exact) mass is 258 g/mol. The van der Waals surface area contributed by atoms with Crippen molar-refractivity contribution < 1.29 is 24.2 Å². The van der Waals surface area contributed by atoms with Gasteiger partial charge in [-0.1, -0.05) is 0 Å². The van der Waals surface area contributed by atoms with Crippen molar-refractivity contribution in [1.82, 2.24) is 0 Å². The highest BCUT2D eigenvalue weighted by atomic mass is 16.6. The molecule has 1 atom stereocenters. The van der Waals surface area contributed by atoms with Gasteiger partial charge in [-0.2, -0.15) is 0 Å². The molecule has 0 aromatic carbocycles. The minimum Gasteiger partial charge on any atom is -0.390 e. The number of rotatable bonds is 8. The molecule has 1 aliphatic heterocycles. The van der Waals surface area contributed by atoms with Crippen LogP contribution in [0, 0.1) is 0 Å². The molecule has 1 heterocycles. The largest absolute Gasteiger partial charge is 0.390 e. The van der Waals surface area contributed by atoms with Crippen molar-refractivity contribution in [1.29, 1.82) is 0 Å². The predicted octanol–water partition coefficient (Wildman–Crippen LogP) is 0.870. The van der Waals surface area contributed by atoms with Crippen molar-refractivity contribution in [3.63, 3.8) is 0 Å². The van der Waals surface area contributed by atoms with Crippen LogP contribution in [-0.2, 0) is 19.1 Å². The van der Waals surface area contributed by atoms with Crippen LogP contribution in [0.5, 0.6) is 0 Å². The van der Waals surface area contributed by atoms with Gasteiger partial charge in [-0.25, -0.2) is 0 Å². The lowest BCUT2D eigenvalue weighted by molar-refractivity contribution is -0.144. The molecule has 1 saturated heterocycles. The molecule has 5 heteroatoms. The molecular weight excluding hydrogens is 236 g/mol. The topological polar surface area (TPSA) is 76.1 Å². The second-order valence-electron chi connectivity index (χ2n) is 5.81. The summed E-state index contributed by atoms with van der Waals surface area (Å²) in [7, 11) is 0. The van der Waals surface area contributed by atoms with Crippen molar-refractivity contribution in [3.05, 3.63) is 0 Å². The normalized spacial score (nSPS) is 19.7. The standard InChI is InChI=1S/C13H22O5/c1-12(2,16)5-6-18-13(3,4)11(15)7-9(14)10-8-17-10/h10,16H,5-8H2,1-4H3. The van der Waals surface area contributed by atoms with Gasteiger partial charge in [-0.15, -0.1) is 0 Å². The first-order chi connectivity index (χ1) is 8.12. The Labute approximate surface area is 107 Å². The molecule has 0 aromatic heterocycles. The van der Waals surface area contributed by atoms with E-state index in [0.29, 0.717) is 13.0 Å². The Morgan fingerprint density at radius 2 is 1.89 bits per heavy atom. The summed E-state index contributed by atoms with van der Waals surface area (Å²) < 4.78 is 10.3. The lowest BCUT2D eigenvalue weighted by Crippen LogP contribution is -2.38. The zero-order valence-corrected chi connectivity index (χ0v) is 11.5. The van der Waals surface area contributed by atoms with Crippen LogP contribution in [0.4, 0.5) is 0 Å². The lowest BCUT2D eigenvalue weighted by atomic mass is 9.97. The van der Waals surface area contributed by atoms with E-state index in [2.05, 4.69) is 0 Å². The van der Waals surface area contributed by atoms with Crippen LogP contribution in [0.2, 0.25) is 0 Å². The van der Waals surface area contributed by atoms with Gasteiger partial charge in [-0.05, 0) is 34.1 Å². The predicted molar refractivity (Wildman–Crippen MR) is 65.3 cm³/mol. The van der Waals surface area contributed by atoms with Crippen LogP contribution in [0.3, 0.4) is 0 Å². The smallest absolute Gasteiger partial charge is 0.171 e. The second-order valence-corrected chi connectivity index (χ2v) is 5.81. The van der Waals surface area contributed by atoms with Crippen LogP contribution in [0.25, 0.3) is 0 Å². The van der Waals surface area contributed by atoms with E-state index in [1.807, 2.05) is 0 Å². The van der Waals surface area contributed by atoms with Crippen molar-refractivity contribution in [2.75, 3.05) is 13.2 Å². The zero-order chi connectivity index (χ0) is 14.0. The van der Waals surface area contributed by atoms with E-state index in [-0.39, 0.29) is 30.7 Å². The molecule has 1 aliphatic rings. The summed E-state index contributed by atoms with van der Waals surface area (Å²) in [5, 5.41) is 9.54. The SMILES string of the molecule is CC(C)(O)CCOC(C)(C)C(=O)CC(=O)C1CO1. The van der Waals surface area contributed by atoms with Crippen LogP contribution >= 0.6 is 0 Å². The van der Waals surface area contributed by atoms with E-state index < -0.39 is 11.2 Å². The van der Waals surface area contributed by atoms with E-state index in [9.17, 15) is 14.7 Å². The second kappa shape index (κ2) is 5.47. The lowest BCUT2D eigenvalue weighted by Gasteiger charge is -2.25. The minimum atomic E-state index is -1.00. The number of ether oxygens (including phenoxy) is 2. The first kappa shape index (κ1) is 15.3. The summed E-state index contributed by atoms with van der Waals surface area (Å²) in [4.78, 5) is 23.4. The van der Waals surface area contributed by atoms with Crippen LogP contribution in [0.15, 0.2) is 0 Å². The van der Waals surface area contributed by atoms with Crippen molar-refractivity contribution in [2.45, 2.75) is 57.8 Å². The highest BCUT2D eigenvalue weighted by molar-refractivity contribution is 6.05. The van der Waals surface area contributed by atoms with Gasteiger partial charge in [0.2, 0.25) is 0 Å². The molecule has 0 radical (unpaired) electrons. The van der Waals surface area contributed by atoms with Gasteiger partial charge >= 0.3 is 0 Å². The Morgan fingerprint density at radius 1 is 1.33 bits per heavy atom. The fraction of sp³-hybridized carbons (Fsp3) is 0.846. The third-order valence-corrected chi connectivity index (χ3v) is 2.88. The fourth-order valence-electron chi connectivity index (χ4n) is 1.36. The summed E-state index contributed by atoms with van der Waals surface area (Å²) in [6, 6.07) is 0. The molecule has 5 nitrogen and oxygen atoms in total. The number of aliphatic hydroxyl groups is 1. The van der Waals surface area contributed by atoms with E-state index in [1.54, 1.807) is 27.7 Å². The summed E-state index contributed by atoms with van der Waals surface area (Å²) >= 11 is 0. The molecule has 0 aliphatic carbocycles. The molecule has 104 valence electrons. The first-order valence-electron chi connectivity index (χ1n) is 6.16. The third kappa shape index (κ3) is 5.25. The average molecular weight is 258 g/mol. The molecule has 18 heavy (non-hydrogen) atoms. The Kier molecular flexibility index (Phi) is 4.64. The van der Waals surface area contributed by atoms with E-state index in [4.69, 9.17) is 9.47 Å². The highest BCUT2D eigenvalue weighted by Crippen LogP contribution is 2.19. The quantitative estimate of drug-likeness (QED) is 0.516. The number of carbonyl (C=O) groups is 2. The number of Topliss-reactive ketones (excluding diaryl/α,β-unsaturated/α-hetero) is 2. The molecule has 1 unspecified atom stereocenters. The van der Waals surface area contributed by atoms with Gasteiger partial charge in [0.1, 0.15) is 11.7 Å². The molecule has 0 bridgehead atoms. The van der Waals surface area contributed by atoms with E-state index in [1.165, 1.54) is 0 Å². The molecule has 1 N–H and O–H groups in total. The Balaban J connectivity index is 2.36. The maximum atomic E-state index is 11.9. The Morgan fingerprint density at radius 3 is 2.33 bits per heavy atom. The van der Waals surface area contributed by atoms with Crippen molar-refractivity contribution >= 4 is 11.6 Å². The van der Waals surface area contributed by atoms with E-state index in [0.717, 1.165) is 0 Å². The fourth-order valence-corrected chi connectivity index (χ4v) is 1.36. The molecule has 0 aromatic rings. The molecular formula is C13H22O5. The molecule has 0 saturated carbocycles. The molecule has 1 fully saturated rings. The summed E-state index contributed by atoms with van der Waals surface area (Å²) in [5.74, 6) is -0.432. The maximum absolute atomic E-state index is 11.9. The van der Waals surface area contributed by atoms with Crippen molar-refractivity contribution in [2.24, 2.45) is 0 Å². The molecule has 0 spiro atoms. The number of ketones is 2. The van der Waals surface area contributed by atoms with Gasteiger partial charge in [-0.3, -0.25) is 9.59 Å². The van der Waals surface area contributed by atoms with Gasteiger partial charge in [0.15, 0.2) is 11.6 Å². The van der Waals surface area contributed by atoms with Crippen LogP contribution < -0.4 is 0 Å². The highest BCUT2D eigenvalue weighted by Gasteiger charge is 2.36. The third-order valence-electron chi connectivity index (χ3n) is 2.88. The summed E-state index contributed by atoms with van der Waals surface area (Å²) in [6.45, 7) is 7.34. The van der Waals surface area contributed by atoms with Crippen LogP contribution in [-0.4, -0.2) is 47.2 Å². The zero-order valence-electron chi connectivity index (χ0n) is 11.5. The maximum Gasteiger partial charge on any atom is 0.171 e.